The molecule has 2 aliphatic carbocycles. The number of rotatable bonds is 5. The summed E-state index contributed by atoms with van der Waals surface area (Å²) in [5.41, 5.74) is 2.25. The normalized spacial score (nSPS) is 24.0. The highest BCUT2D eigenvalue weighted by atomic mass is 16.2. The maximum atomic E-state index is 13.2. The number of carbonyl (C=O) groups excluding carboxylic acids is 1. The number of aryl methyl sites for hydroxylation is 1. The van der Waals surface area contributed by atoms with Crippen molar-refractivity contribution in [2.75, 3.05) is 13.1 Å². The number of aromatic nitrogens is 2. The van der Waals surface area contributed by atoms with Crippen molar-refractivity contribution >= 4 is 5.91 Å². The predicted molar refractivity (Wildman–Crippen MR) is 101 cm³/mol. The smallest absolute Gasteiger partial charge is 0.233 e. The molecule has 4 nitrogen and oxygen atoms in total. The zero-order valence-electron chi connectivity index (χ0n) is 15.5. The Morgan fingerprint density at radius 1 is 1.19 bits per heavy atom. The summed E-state index contributed by atoms with van der Waals surface area (Å²) in [5, 5.41) is 0. The number of imidazole rings is 1. The van der Waals surface area contributed by atoms with Gasteiger partial charge in [0, 0.05) is 37.4 Å². The lowest BCUT2D eigenvalue weighted by Gasteiger charge is -2.24. The lowest BCUT2D eigenvalue weighted by molar-refractivity contribution is -0.133. The average Bonchev–Trinajstić information content (AvgIpc) is 3.59. The minimum Gasteiger partial charge on any atom is -0.342 e. The first kappa shape index (κ1) is 16.1. The lowest BCUT2D eigenvalue weighted by Crippen LogP contribution is -2.38. The molecule has 0 N–H and O–H groups in total. The molecule has 1 amide bonds. The van der Waals surface area contributed by atoms with Gasteiger partial charge in [-0.25, -0.2) is 4.98 Å². The molecule has 1 aromatic heterocycles. The summed E-state index contributed by atoms with van der Waals surface area (Å²) < 4.78 is 2.42. The molecule has 0 radical (unpaired) electrons. The van der Waals surface area contributed by atoms with Crippen molar-refractivity contribution < 1.29 is 4.79 Å². The lowest BCUT2D eigenvalue weighted by atomic mass is 9.94. The fourth-order valence-electron chi connectivity index (χ4n) is 4.62. The Hall–Kier alpha value is -2.10. The van der Waals surface area contributed by atoms with Crippen molar-refractivity contribution in [2.24, 2.45) is 5.92 Å². The molecule has 0 bridgehead atoms. The Morgan fingerprint density at radius 3 is 2.65 bits per heavy atom. The molecule has 2 heterocycles. The zero-order chi connectivity index (χ0) is 17.7. The van der Waals surface area contributed by atoms with Crippen LogP contribution in [0.4, 0.5) is 0 Å². The van der Waals surface area contributed by atoms with Crippen LogP contribution >= 0.6 is 0 Å². The number of nitrogens with zero attached hydrogens (tertiary/aromatic N) is 3. The predicted octanol–water partition coefficient (Wildman–Crippen LogP) is 3.65. The fraction of sp³-hybridized carbons (Fsp3) is 0.545. The van der Waals surface area contributed by atoms with E-state index in [0.717, 1.165) is 38.9 Å². The van der Waals surface area contributed by atoms with Crippen LogP contribution in [0.15, 0.2) is 36.5 Å². The standard InChI is InChI=1S/C22H27N3O/c1-16-13-23-20(18-7-8-18)25(16)15-17-9-12-24(14-17)21(26)22(10-11-22)19-5-3-2-4-6-19/h2-6,13,17-18H,7-12,14-15H2,1H3. The molecule has 5 rings (SSSR count). The highest BCUT2D eigenvalue weighted by molar-refractivity contribution is 5.91. The first-order valence-electron chi connectivity index (χ1n) is 10.0. The van der Waals surface area contributed by atoms with Gasteiger partial charge in [-0.05, 0) is 50.5 Å². The summed E-state index contributed by atoms with van der Waals surface area (Å²) in [6, 6.07) is 10.4. The zero-order valence-corrected chi connectivity index (χ0v) is 15.5. The highest BCUT2D eigenvalue weighted by Gasteiger charge is 2.53. The van der Waals surface area contributed by atoms with Crippen molar-refractivity contribution in [2.45, 2.75) is 56.9 Å². The molecule has 136 valence electrons. The molecule has 4 heteroatoms. The topological polar surface area (TPSA) is 38.1 Å². The Bertz CT molecular complexity index is 817. The Labute approximate surface area is 155 Å². The van der Waals surface area contributed by atoms with E-state index in [0.29, 0.717) is 17.7 Å². The number of amides is 1. The van der Waals surface area contributed by atoms with Gasteiger partial charge in [-0.2, -0.15) is 0 Å². The van der Waals surface area contributed by atoms with E-state index in [2.05, 4.69) is 45.6 Å². The van der Waals surface area contributed by atoms with Crippen LogP contribution in [0, 0.1) is 12.8 Å². The molecule has 1 atom stereocenters. The summed E-state index contributed by atoms with van der Waals surface area (Å²) in [6.45, 7) is 4.98. The van der Waals surface area contributed by atoms with Crippen molar-refractivity contribution in [3.05, 3.63) is 53.6 Å². The van der Waals surface area contributed by atoms with Gasteiger partial charge in [-0.3, -0.25) is 4.79 Å². The van der Waals surface area contributed by atoms with Crippen molar-refractivity contribution in [1.82, 2.24) is 14.5 Å². The summed E-state index contributed by atoms with van der Waals surface area (Å²) in [5.74, 6) is 2.86. The van der Waals surface area contributed by atoms with Gasteiger partial charge in [0.15, 0.2) is 0 Å². The fourth-order valence-corrected chi connectivity index (χ4v) is 4.62. The van der Waals surface area contributed by atoms with E-state index in [1.54, 1.807) is 0 Å². The minimum atomic E-state index is -0.222. The summed E-state index contributed by atoms with van der Waals surface area (Å²) in [6.07, 6.45) is 7.70. The number of hydrogen-bond donors (Lipinski definition) is 0. The van der Waals surface area contributed by atoms with E-state index >= 15 is 0 Å². The van der Waals surface area contributed by atoms with Crippen LogP contribution in [-0.2, 0) is 16.8 Å². The van der Waals surface area contributed by atoms with Crippen LogP contribution in [-0.4, -0.2) is 33.4 Å². The van der Waals surface area contributed by atoms with Crippen molar-refractivity contribution in [1.29, 1.82) is 0 Å². The summed E-state index contributed by atoms with van der Waals surface area (Å²) >= 11 is 0. The SMILES string of the molecule is Cc1cnc(C2CC2)n1CC1CCN(C(=O)C2(c3ccccc3)CC2)C1. The molecule has 2 saturated carbocycles. The van der Waals surface area contributed by atoms with Gasteiger partial charge in [0.1, 0.15) is 5.82 Å². The van der Waals surface area contributed by atoms with Crippen LogP contribution in [0.1, 0.15) is 55.1 Å². The molecule has 1 aromatic carbocycles. The van der Waals surface area contributed by atoms with Gasteiger partial charge in [-0.1, -0.05) is 30.3 Å². The number of benzene rings is 1. The molecule has 26 heavy (non-hydrogen) atoms. The van der Waals surface area contributed by atoms with Crippen LogP contribution in [0.5, 0.6) is 0 Å². The van der Waals surface area contributed by atoms with E-state index in [4.69, 9.17) is 0 Å². The van der Waals surface area contributed by atoms with Crippen LogP contribution < -0.4 is 0 Å². The quantitative estimate of drug-likeness (QED) is 0.826. The third-order valence-electron chi connectivity index (χ3n) is 6.53. The second kappa shape index (κ2) is 5.97. The number of likely N-dealkylation sites (tertiary alicyclic amines) is 1. The summed E-state index contributed by atoms with van der Waals surface area (Å²) in [4.78, 5) is 20.0. The molecule has 3 fully saturated rings. The molecule has 1 unspecified atom stereocenters. The second-order valence-electron chi connectivity index (χ2n) is 8.50. The Kier molecular flexibility index (Phi) is 3.70. The van der Waals surface area contributed by atoms with E-state index in [1.807, 2.05) is 12.3 Å². The van der Waals surface area contributed by atoms with Gasteiger partial charge in [0.25, 0.3) is 0 Å². The number of hydrogen-bond acceptors (Lipinski definition) is 2. The summed E-state index contributed by atoms with van der Waals surface area (Å²) in [7, 11) is 0. The van der Waals surface area contributed by atoms with E-state index in [1.165, 1.54) is 29.9 Å². The first-order valence-corrected chi connectivity index (χ1v) is 10.0. The largest absolute Gasteiger partial charge is 0.342 e. The van der Waals surface area contributed by atoms with E-state index in [-0.39, 0.29) is 5.41 Å². The third kappa shape index (κ3) is 2.67. The van der Waals surface area contributed by atoms with E-state index in [9.17, 15) is 4.79 Å². The molecule has 0 spiro atoms. The van der Waals surface area contributed by atoms with Gasteiger partial charge in [0.05, 0.1) is 5.41 Å². The third-order valence-corrected chi connectivity index (χ3v) is 6.53. The van der Waals surface area contributed by atoms with Gasteiger partial charge < -0.3 is 9.47 Å². The van der Waals surface area contributed by atoms with Crippen molar-refractivity contribution in [3.63, 3.8) is 0 Å². The van der Waals surface area contributed by atoms with Crippen LogP contribution in [0.2, 0.25) is 0 Å². The van der Waals surface area contributed by atoms with Crippen molar-refractivity contribution in [3.8, 4) is 0 Å². The van der Waals surface area contributed by atoms with E-state index < -0.39 is 0 Å². The Morgan fingerprint density at radius 2 is 1.96 bits per heavy atom. The van der Waals surface area contributed by atoms with Gasteiger partial charge >= 0.3 is 0 Å². The molecular formula is C22H27N3O. The monoisotopic (exact) mass is 349 g/mol. The Balaban J connectivity index is 1.28. The molecule has 2 aromatic rings. The van der Waals surface area contributed by atoms with Gasteiger partial charge in [-0.15, -0.1) is 0 Å². The molecule has 1 aliphatic heterocycles. The molecule has 3 aliphatic rings. The average molecular weight is 349 g/mol. The second-order valence-corrected chi connectivity index (χ2v) is 8.50. The van der Waals surface area contributed by atoms with Crippen LogP contribution in [0.3, 0.4) is 0 Å². The maximum absolute atomic E-state index is 13.2. The highest BCUT2D eigenvalue weighted by Crippen LogP contribution is 2.50. The van der Waals surface area contributed by atoms with Gasteiger partial charge in [0.2, 0.25) is 5.91 Å². The minimum absolute atomic E-state index is 0.222. The molecule has 1 saturated heterocycles. The van der Waals surface area contributed by atoms with Crippen LogP contribution in [0.25, 0.3) is 0 Å². The number of carbonyl (C=O) groups is 1. The molecular weight excluding hydrogens is 322 g/mol. The maximum Gasteiger partial charge on any atom is 0.233 e. The first-order chi connectivity index (χ1) is 12.7.